The largest absolute Gasteiger partial charge is 0.453 e. The number of rotatable bonds is 5. The van der Waals surface area contributed by atoms with E-state index in [0.29, 0.717) is 0 Å². The molecule has 0 amide bonds. The van der Waals surface area contributed by atoms with Gasteiger partial charge in [-0.3, -0.25) is 0 Å². The average Bonchev–Trinajstić information content (AvgIpc) is 2.63. The highest BCUT2D eigenvalue weighted by molar-refractivity contribution is 6.34. The first-order valence-corrected chi connectivity index (χ1v) is 8.50. The molecule has 0 aliphatic rings. The standard InChI is InChI=1S/C17H14Cl2N6O2/c1-9-4-2-3-5-11(9)21-17-24-13(23-16(20)25-17)8-27-15(26)14-10(18)6-7-12(19)22-14/h2-7H,8H2,1H3,(H3,20,21,23,24,25). The van der Waals surface area contributed by atoms with E-state index in [0.717, 1.165) is 11.3 Å². The number of nitrogens with two attached hydrogens (primary N) is 1. The number of nitrogens with one attached hydrogen (secondary N) is 1. The van der Waals surface area contributed by atoms with Gasteiger partial charge in [-0.05, 0) is 30.7 Å². The summed E-state index contributed by atoms with van der Waals surface area (Å²) in [4.78, 5) is 28.2. The van der Waals surface area contributed by atoms with Gasteiger partial charge in [0, 0.05) is 5.69 Å². The predicted octanol–water partition coefficient (Wildman–Crippen LogP) is 3.56. The Kier molecular flexibility index (Phi) is 5.68. The van der Waals surface area contributed by atoms with Crippen LogP contribution in [0.3, 0.4) is 0 Å². The molecular weight excluding hydrogens is 391 g/mol. The van der Waals surface area contributed by atoms with Crippen LogP contribution in [-0.4, -0.2) is 25.9 Å². The van der Waals surface area contributed by atoms with Crippen LogP contribution in [0.25, 0.3) is 0 Å². The number of carbonyl (C=O) groups excluding carboxylic acids is 1. The van der Waals surface area contributed by atoms with Crippen LogP contribution in [0.4, 0.5) is 17.6 Å². The van der Waals surface area contributed by atoms with Crippen molar-refractivity contribution in [2.75, 3.05) is 11.1 Å². The van der Waals surface area contributed by atoms with Gasteiger partial charge in [0.1, 0.15) is 5.15 Å². The van der Waals surface area contributed by atoms with Gasteiger partial charge in [0.05, 0.1) is 5.02 Å². The van der Waals surface area contributed by atoms with Crippen LogP contribution in [-0.2, 0) is 11.3 Å². The lowest BCUT2D eigenvalue weighted by atomic mass is 10.2. The van der Waals surface area contributed by atoms with E-state index in [2.05, 4.69) is 25.3 Å². The topological polar surface area (TPSA) is 116 Å². The Morgan fingerprint density at radius 1 is 1.11 bits per heavy atom. The molecule has 8 nitrogen and oxygen atoms in total. The van der Waals surface area contributed by atoms with Crippen molar-refractivity contribution in [1.82, 2.24) is 19.9 Å². The van der Waals surface area contributed by atoms with Crippen molar-refractivity contribution in [3.63, 3.8) is 0 Å². The summed E-state index contributed by atoms with van der Waals surface area (Å²) < 4.78 is 5.15. The Labute approximate surface area is 164 Å². The number of nitrogens with zero attached hydrogens (tertiary/aromatic N) is 4. The summed E-state index contributed by atoms with van der Waals surface area (Å²) in [7, 11) is 0. The Hall–Kier alpha value is -2.97. The minimum Gasteiger partial charge on any atom is -0.453 e. The molecule has 0 unspecified atom stereocenters. The Bertz CT molecular complexity index is 999. The van der Waals surface area contributed by atoms with Gasteiger partial charge in [0.25, 0.3) is 0 Å². The zero-order valence-corrected chi connectivity index (χ0v) is 15.6. The van der Waals surface area contributed by atoms with Crippen molar-refractivity contribution < 1.29 is 9.53 Å². The van der Waals surface area contributed by atoms with Crippen LogP contribution in [0.1, 0.15) is 21.9 Å². The number of esters is 1. The van der Waals surface area contributed by atoms with Crippen LogP contribution < -0.4 is 11.1 Å². The average molecular weight is 405 g/mol. The molecule has 138 valence electrons. The first-order chi connectivity index (χ1) is 12.9. The molecule has 27 heavy (non-hydrogen) atoms. The second-order valence-electron chi connectivity index (χ2n) is 5.41. The second-order valence-corrected chi connectivity index (χ2v) is 6.21. The summed E-state index contributed by atoms with van der Waals surface area (Å²) >= 11 is 11.7. The van der Waals surface area contributed by atoms with Crippen molar-refractivity contribution >= 4 is 46.8 Å². The maximum absolute atomic E-state index is 12.2. The molecule has 0 spiro atoms. The third-order valence-corrected chi connectivity index (χ3v) is 3.94. The number of nitrogen functional groups attached to an aromatic ring is 1. The molecule has 0 bridgehead atoms. The number of anilines is 3. The van der Waals surface area contributed by atoms with Gasteiger partial charge in [0.15, 0.2) is 18.1 Å². The minimum atomic E-state index is -0.755. The molecule has 3 aromatic rings. The van der Waals surface area contributed by atoms with Crippen molar-refractivity contribution in [3.8, 4) is 0 Å². The minimum absolute atomic E-state index is 0.00829. The fraction of sp³-hybridized carbons (Fsp3) is 0.118. The first-order valence-electron chi connectivity index (χ1n) is 7.74. The Balaban J connectivity index is 1.74. The quantitative estimate of drug-likeness (QED) is 0.489. The molecule has 1 aromatic carbocycles. The van der Waals surface area contributed by atoms with E-state index in [1.807, 2.05) is 31.2 Å². The lowest BCUT2D eigenvalue weighted by Crippen LogP contribution is -2.12. The van der Waals surface area contributed by atoms with Gasteiger partial charge in [0.2, 0.25) is 11.9 Å². The SMILES string of the molecule is Cc1ccccc1Nc1nc(N)nc(COC(=O)c2nc(Cl)ccc2Cl)n1. The molecule has 0 radical (unpaired) electrons. The maximum Gasteiger partial charge on any atom is 0.358 e. The molecule has 0 fully saturated rings. The van der Waals surface area contributed by atoms with Gasteiger partial charge < -0.3 is 15.8 Å². The number of aromatic nitrogens is 4. The molecule has 2 aromatic heterocycles. The van der Waals surface area contributed by atoms with Crippen LogP contribution in [0.15, 0.2) is 36.4 Å². The fourth-order valence-corrected chi connectivity index (χ4v) is 2.48. The predicted molar refractivity (Wildman–Crippen MR) is 102 cm³/mol. The third kappa shape index (κ3) is 4.81. The van der Waals surface area contributed by atoms with Crippen LogP contribution in [0, 0.1) is 6.92 Å². The van der Waals surface area contributed by atoms with Crippen LogP contribution >= 0.6 is 23.2 Å². The summed E-state index contributed by atoms with van der Waals surface area (Å²) in [6.45, 7) is 1.70. The number of benzene rings is 1. The van der Waals surface area contributed by atoms with Crippen LogP contribution in [0.5, 0.6) is 0 Å². The van der Waals surface area contributed by atoms with E-state index in [-0.39, 0.29) is 40.2 Å². The number of carbonyl (C=O) groups is 1. The summed E-state index contributed by atoms with van der Waals surface area (Å²) in [5.74, 6) is -0.354. The zero-order chi connectivity index (χ0) is 19.4. The van der Waals surface area contributed by atoms with E-state index < -0.39 is 5.97 Å². The second kappa shape index (κ2) is 8.15. The number of pyridine rings is 1. The molecule has 0 aliphatic carbocycles. The van der Waals surface area contributed by atoms with E-state index in [1.165, 1.54) is 12.1 Å². The van der Waals surface area contributed by atoms with Gasteiger partial charge in [-0.2, -0.15) is 15.0 Å². The molecule has 2 heterocycles. The summed E-state index contributed by atoms with van der Waals surface area (Å²) in [6.07, 6.45) is 0. The highest BCUT2D eigenvalue weighted by Crippen LogP contribution is 2.19. The van der Waals surface area contributed by atoms with Crippen molar-refractivity contribution in [3.05, 3.63) is 63.7 Å². The molecular formula is C17H14Cl2N6O2. The highest BCUT2D eigenvalue weighted by atomic mass is 35.5. The molecule has 0 saturated carbocycles. The lowest BCUT2D eigenvalue weighted by molar-refractivity contribution is 0.0455. The number of aryl methyl sites for hydroxylation is 1. The van der Waals surface area contributed by atoms with E-state index >= 15 is 0 Å². The highest BCUT2D eigenvalue weighted by Gasteiger charge is 2.16. The fourth-order valence-electron chi connectivity index (χ4n) is 2.15. The molecule has 3 N–H and O–H groups in total. The van der Waals surface area contributed by atoms with Crippen LogP contribution in [0.2, 0.25) is 10.2 Å². The molecule has 0 aliphatic heterocycles. The third-order valence-electron chi connectivity index (χ3n) is 3.43. The smallest absolute Gasteiger partial charge is 0.358 e. The van der Waals surface area contributed by atoms with E-state index in [1.54, 1.807) is 0 Å². The first kappa shape index (κ1) is 18.8. The van der Waals surface area contributed by atoms with Gasteiger partial charge >= 0.3 is 5.97 Å². The molecule has 10 heteroatoms. The molecule has 3 rings (SSSR count). The van der Waals surface area contributed by atoms with Gasteiger partial charge in [-0.25, -0.2) is 9.78 Å². The summed E-state index contributed by atoms with van der Waals surface area (Å²) in [5.41, 5.74) is 7.45. The normalized spacial score (nSPS) is 10.5. The summed E-state index contributed by atoms with van der Waals surface area (Å²) in [5, 5.41) is 3.31. The van der Waals surface area contributed by atoms with Gasteiger partial charge in [-0.1, -0.05) is 41.4 Å². The van der Waals surface area contributed by atoms with E-state index in [9.17, 15) is 4.79 Å². The number of hydrogen-bond donors (Lipinski definition) is 2. The monoisotopic (exact) mass is 404 g/mol. The number of para-hydroxylation sites is 1. The number of hydrogen-bond acceptors (Lipinski definition) is 8. The van der Waals surface area contributed by atoms with Crippen molar-refractivity contribution in [1.29, 1.82) is 0 Å². The van der Waals surface area contributed by atoms with E-state index in [4.69, 9.17) is 33.7 Å². The van der Waals surface area contributed by atoms with Crippen molar-refractivity contribution in [2.24, 2.45) is 0 Å². The zero-order valence-electron chi connectivity index (χ0n) is 14.1. The van der Waals surface area contributed by atoms with Crippen molar-refractivity contribution in [2.45, 2.75) is 13.5 Å². The number of ether oxygens (including phenoxy) is 1. The molecule has 0 atom stereocenters. The maximum atomic E-state index is 12.2. The summed E-state index contributed by atoms with van der Waals surface area (Å²) in [6, 6.07) is 10.5. The Morgan fingerprint density at radius 3 is 2.67 bits per heavy atom. The lowest BCUT2D eigenvalue weighted by Gasteiger charge is -2.10. The Morgan fingerprint density at radius 2 is 1.89 bits per heavy atom. The van der Waals surface area contributed by atoms with Gasteiger partial charge in [-0.15, -0.1) is 0 Å². The number of halogens is 2. The molecule has 0 saturated heterocycles.